The molecule has 3 saturated heterocycles. The van der Waals surface area contributed by atoms with Crippen molar-refractivity contribution in [1.29, 1.82) is 0 Å². The van der Waals surface area contributed by atoms with Crippen molar-refractivity contribution in [2.24, 2.45) is 0 Å². The van der Waals surface area contributed by atoms with Crippen molar-refractivity contribution in [1.82, 2.24) is 9.62 Å². The van der Waals surface area contributed by atoms with E-state index in [9.17, 15) is 13.2 Å². The highest BCUT2D eigenvalue weighted by molar-refractivity contribution is 7.89. The number of hydrogen-bond donors (Lipinski definition) is 1. The van der Waals surface area contributed by atoms with Crippen LogP contribution in [0.5, 0.6) is 0 Å². The van der Waals surface area contributed by atoms with Gasteiger partial charge in [0.05, 0.1) is 18.1 Å². The molecular formula is C19H27N3O5S. The summed E-state index contributed by atoms with van der Waals surface area (Å²) < 4.78 is 38.9. The molecule has 1 amide bonds. The summed E-state index contributed by atoms with van der Waals surface area (Å²) in [5, 5.41) is 2.56. The predicted octanol–water partition coefficient (Wildman–Crippen LogP) is 0.929. The van der Waals surface area contributed by atoms with Gasteiger partial charge in [0, 0.05) is 45.2 Å². The molecule has 3 fully saturated rings. The quantitative estimate of drug-likeness (QED) is 0.796. The van der Waals surface area contributed by atoms with Gasteiger partial charge < -0.3 is 19.7 Å². The van der Waals surface area contributed by atoms with Crippen LogP contribution >= 0.6 is 0 Å². The zero-order valence-electron chi connectivity index (χ0n) is 16.1. The van der Waals surface area contributed by atoms with E-state index in [0.717, 1.165) is 31.6 Å². The SMILES string of the molecule is CNC(=O)C1CCCN1S(=O)(=O)c1ccc(N2CCC3(CC2)OCCO3)cc1. The first-order valence-corrected chi connectivity index (χ1v) is 11.3. The minimum absolute atomic E-state index is 0.225. The van der Waals surface area contributed by atoms with Gasteiger partial charge in [0.2, 0.25) is 15.9 Å². The number of benzene rings is 1. The number of rotatable bonds is 4. The molecule has 1 aromatic rings. The largest absolute Gasteiger partial charge is 0.371 e. The van der Waals surface area contributed by atoms with Crippen LogP contribution in [-0.2, 0) is 24.3 Å². The molecule has 8 nitrogen and oxygen atoms in total. The predicted molar refractivity (Wildman–Crippen MR) is 104 cm³/mol. The van der Waals surface area contributed by atoms with Crippen LogP contribution in [0.2, 0.25) is 0 Å². The molecule has 1 spiro atoms. The fourth-order valence-electron chi connectivity index (χ4n) is 4.31. The Morgan fingerprint density at radius 3 is 2.36 bits per heavy atom. The molecule has 0 aromatic heterocycles. The molecule has 1 N–H and O–H groups in total. The highest BCUT2D eigenvalue weighted by atomic mass is 32.2. The van der Waals surface area contributed by atoms with E-state index in [0.29, 0.717) is 32.6 Å². The van der Waals surface area contributed by atoms with Crippen molar-refractivity contribution in [2.45, 2.75) is 42.4 Å². The summed E-state index contributed by atoms with van der Waals surface area (Å²) in [6.07, 6.45) is 2.84. The van der Waals surface area contributed by atoms with Crippen molar-refractivity contribution < 1.29 is 22.7 Å². The Labute approximate surface area is 165 Å². The lowest BCUT2D eigenvalue weighted by Crippen LogP contribution is -2.45. The number of piperidine rings is 1. The summed E-state index contributed by atoms with van der Waals surface area (Å²) in [6.45, 7) is 3.28. The average Bonchev–Trinajstić information content (AvgIpc) is 3.39. The Morgan fingerprint density at radius 2 is 1.75 bits per heavy atom. The van der Waals surface area contributed by atoms with E-state index in [2.05, 4.69) is 10.2 Å². The smallest absolute Gasteiger partial charge is 0.243 e. The summed E-state index contributed by atoms with van der Waals surface area (Å²) in [5.74, 6) is -0.680. The second kappa shape index (κ2) is 7.62. The third-order valence-electron chi connectivity index (χ3n) is 5.90. The monoisotopic (exact) mass is 409 g/mol. The lowest BCUT2D eigenvalue weighted by atomic mass is 10.0. The summed E-state index contributed by atoms with van der Waals surface area (Å²) in [7, 11) is -2.16. The first kappa shape index (κ1) is 19.6. The second-order valence-electron chi connectivity index (χ2n) is 7.48. The van der Waals surface area contributed by atoms with E-state index in [1.165, 1.54) is 11.4 Å². The highest BCUT2D eigenvalue weighted by Gasteiger charge is 2.41. The fourth-order valence-corrected chi connectivity index (χ4v) is 5.97. The van der Waals surface area contributed by atoms with Crippen molar-refractivity contribution in [2.75, 3.05) is 44.8 Å². The molecule has 3 aliphatic heterocycles. The van der Waals surface area contributed by atoms with Crippen LogP contribution in [0.4, 0.5) is 5.69 Å². The topological polar surface area (TPSA) is 88.2 Å². The fraction of sp³-hybridized carbons (Fsp3) is 0.632. The molecule has 3 heterocycles. The van der Waals surface area contributed by atoms with Crippen molar-refractivity contribution in [3.63, 3.8) is 0 Å². The molecule has 1 unspecified atom stereocenters. The lowest BCUT2D eigenvalue weighted by molar-refractivity contribution is -0.169. The summed E-state index contributed by atoms with van der Waals surface area (Å²) >= 11 is 0. The van der Waals surface area contributed by atoms with E-state index >= 15 is 0 Å². The molecule has 1 atom stereocenters. The van der Waals surface area contributed by atoms with Gasteiger partial charge in [-0.1, -0.05) is 0 Å². The second-order valence-corrected chi connectivity index (χ2v) is 9.37. The van der Waals surface area contributed by atoms with Crippen LogP contribution in [0, 0.1) is 0 Å². The van der Waals surface area contributed by atoms with Gasteiger partial charge in [-0.3, -0.25) is 4.79 Å². The Bertz CT molecular complexity index is 810. The van der Waals surface area contributed by atoms with Crippen molar-refractivity contribution >= 4 is 21.6 Å². The number of likely N-dealkylation sites (N-methyl/N-ethyl adjacent to an activating group) is 1. The van der Waals surface area contributed by atoms with Crippen molar-refractivity contribution in [3.05, 3.63) is 24.3 Å². The zero-order chi connectivity index (χ0) is 19.8. The molecule has 0 bridgehead atoms. The molecule has 9 heteroatoms. The van der Waals surface area contributed by atoms with Gasteiger partial charge in [-0.05, 0) is 37.1 Å². The van der Waals surface area contributed by atoms with Crippen molar-refractivity contribution in [3.8, 4) is 0 Å². The molecule has 3 aliphatic rings. The molecular weight excluding hydrogens is 382 g/mol. The molecule has 1 aromatic carbocycles. The summed E-state index contributed by atoms with van der Waals surface area (Å²) in [5.41, 5.74) is 0.982. The van der Waals surface area contributed by atoms with Crippen LogP contribution in [0.15, 0.2) is 29.2 Å². The van der Waals surface area contributed by atoms with Gasteiger partial charge in [0.1, 0.15) is 6.04 Å². The Balaban J connectivity index is 1.46. The zero-order valence-corrected chi connectivity index (χ0v) is 16.9. The number of nitrogens with one attached hydrogen (secondary N) is 1. The maximum Gasteiger partial charge on any atom is 0.243 e. The highest BCUT2D eigenvalue weighted by Crippen LogP contribution is 2.34. The van der Waals surface area contributed by atoms with E-state index in [1.807, 2.05) is 12.1 Å². The number of carbonyl (C=O) groups excluding carboxylic acids is 1. The minimum Gasteiger partial charge on any atom is -0.371 e. The standard InChI is InChI=1S/C19H27N3O5S/c1-20-18(23)17-3-2-10-22(17)28(24,25)16-6-4-15(5-7-16)21-11-8-19(9-12-21)26-13-14-27-19/h4-7,17H,2-3,8-14H2,1H3,(H,20,23). The van der Waals surface area contributed by atoms with Gasteiger partial charge in [0.25, 0.3) is 0 Å². The minimum atomic E-state index is -3.69. The number of carbonyl (C=O) groups is 1. The van der Waals surface area contributed by atoms with Gasteiger partial charge >= 0.3 is 0 Å². The van der Waals surface area contributed by atoms with E-state index in [1.54, 1.807) is 12.1 Å². The van der Waals surface area contributed by atoms with Gasteiger partial charge in [0.15, 0.2) is 5.79 Å². The van der Waals surface area contributed by atoms with Crippen LogP contribution in [0.25, 0.3) is 0 Å². The van der Waals surface area contributed by atoms with Gasteiger partial charge in [-0.25, -0.2) is 8.42 Å². The number of sulfonamides is 1. The molecule has 28 heavy (non-hydrogen) atoms. The normalized spacial score (nSPS) is 25.3. The molecule has 0 radical (unpaired) electrons. The number of hydrogen-bond acceptors (Lipinski definition) is 6. The first-order chi connectivity index (χ1) is 13.5. The molecule has 0 aliphatic carbocycles. The third-order valence-corrected chi connectivity index (χ3v) is 7.82. The molecule has 0 saturated carbocycles. The number of nitrogens with zero attached hydrogens (tertiary/aromatic N) is 2. The molecule has 4 rings (SSSR count). The number of ether oxygens (including phenoxy) is 2. The lowest BCUT2D eigenvalue weighted by Gasteiger charge is -2.38. The summed E-state index contributed by atoms with van der Waals surface area (Å²) in [6, 6.07) is 6.32. The van der Waals surface area contributed by atoms with Gasteiger partial charge in [-0.2, -0.15) is 4.31 Å². The maximum absolute atomic E-state index is 13.0. The molecule has 154 valence electrons. The average molecular weight is 410 g/mol. The maximum atomic E-state index is 13.0. The van der Waals surface area contributed by atoms with Crippen LogP contribution in [-0.4, -0.2) is 70.4 Å². The third kappa shape index (κ3) is 3.52. The van der Waals surface area contributed by atoms with Crippen LogP contribution in [0.1, 0.15) is 25.7 Å². The Kier molecular flexibility index (Phi) is 5.34. The summed E-state index contributed by atoms with van der Waals surface area (Å²) in [4.78, 5) is 14.5. The van der Waals surface area contributed by atoms with Crippen LogP contribution < -0.4 is 10.2 Å². The number of anilines is 1. The number of amides is 1. The van der Waals surface area contributed by atoms with E-state index in [-0.39, 0.29) is 10.8 Å². The first-order valence-electron chi connectivity index (χ1n) is 9.82. The van der Waals surface area contributed by atoms with E-state index in [4.69, 9.17) is 9.47 Å². The van der Waals surface area contributed by atoms with Crippen LogP contribution in [0.3, 0.4) is 0 Å². The van der Waals surface area contributed by atoms with E-state index < -0.39 is 21.9 Å². The Hall–Kier alpha value is -1.68. The van der Waals surface area contributed by atoms with Gasteiger partial charge in [-0.15, -0.1) is 0 Å². The Morgan fingerprint density at radius 1 is 1.11 bits per heavy atom.